The quantitative estimate of drug-likeness (QED) is 0.619. The van der Waals surface area contributed by atoms with Gasteiger partial charge < -0.3 is 10.6 Å². The number of nitrogens with one attached hydrogen (secondary N) is 1. The van der Waals surface area contributed by atoms with E-state index in [9.17, 15) is 18.0 Å². The molecule has 0 fully saturated rings. The topological polar surface area (TPSA) is 45.7 Å². The summed E-state index contributed by atoms with van der Waals surface area (Å²) >= 11 is 1.49. The molecule has 0 saturated heterocycles. The third kappa shape index (κ3) is 4.99. The third-order valence-electron chi connectivity index (χ3n) is 4.45. The molecule has 7 heteroatoms. The standard InChI is InChI=1S/C21H19F3N2OS/c1-13(17-9-8-16(23)11-18(17)24)25-12-20(27)26-21(19-3-2-10-28-19)14-4-6-15(22)7-5-14/h2-11,13,21,25H,12H2,1H3,(H,26,27)/p+1/t13-,21+/m1/s1. The van der Waals surface area contributed by atoms with Crippen LogP contribution >= 0.6 is 11.3 Å². The number of benzene rings is 2. The van der Waals surface area contributed by atoms with Crippen molar-refractivity contribution in [2.45, 2.75) is 19.0 Å². The van der Waals surface area contributed by atoms with E-state index < -0.39 is 11.6 Å². The van der Waals surface area contributed by atoms with Crippen LogP contribution in [-0.2, 0) is 4.79 Å². The second-order valence-corrected chi connectivity index (χ2v) is 7.44. The van der Waals surface area contributed by atoms with Gasteiger partial charge in [-0.25, -0.2) is 13.2 Å². The molecular formula is C21H20F3N2OS+. The number of carbonyl (C=O) groups excluding carboxylic acids is 1. The Morgan fingerprint density at radius 1 is 1.07 bits per heavy atom. The van der Waals surface area contributed by atoms with Crippen LogP contribution in [0.5, 0.6) is 0 Å². The predicted molar refractivity (Wildman–Crippen MR) is 102 cm³/mol. The van der Waals surface area contributed by atoms with E-state index in [1.807, 2.05) is 17.5 Å². The van der Waals surface area contributed by atoms with Crippen LogP contribution in [0.4, 0.5) is 13.2 Å². The lowest BCUT2D eigenvalue weighted by molar-refractivity contribution is -0.682. The van der Waals surface area contributed by atoms with Crippen LogP contribution in [0.25, 0.3) is 0 Å². The fourth-order valence-electron chi connectivity index (χ4n) is 2.93. The Labute approximate surface area is 165 Å². The van der Waals surface area contributed by atoms with Gasteiger partial charge in [-0.05, 0) is 48.2 Å². The minimum Gasteiger partial charge on any atom is -0.339 e. The summed E-state index contributed by atoms with van der Waals surface area (Å²) in [6, 6.07) is 12.5. The summed E-state index contributed by atoms with van der Waals surface area (Å²) in [6.07, 6.45) is 0. The minimum absolute atomic E-state index is 0.0705. The van der Waals surface area contributed by atoms with E-state index in [4.69, 9.17) is 0 Å². The molecule has 0 bridgehead atoms. The van der Waals surface area contributed by atoms with Gasteiger partial charge in [-0.3, -0.25) is 4.79 Å². The molecule has 0 saturated carbocycles. The number of halogens is 3. The van der Waals surface area contributed by atoms with Crippen LogP contribution in [0.3, 0.4) is 0 Å². The third-order valence-corrected chi connectivity index (χ3v) is 5.38. The average molecular weight is 405 g/mol. The molecule has 0 unspecified atom stereocenters. The Morgan fingerprint density at radius 2 is 1.79 bits per heavy atom. The highest BCUT2D eigenvalue weighted by Crippen LogP contribution is 2.26. The van der Waals surface area contributed by atoms with E-state index in [1.54, 1.807) is 24.4 Å². The highest BCUT2D eigenvalue weighted by Gasteiger charge is 2.21. The Balaban J connectivity index is 1.66. The number of hydrogen-bond donors (Lipinski definition) is 2. The van der Waals surface area contributed by atoms with Crippen LogP contribution in [0.15, 0.2) is 60.0 Å². The smallest absolute Gasteiger partial charge is 0.275 e. The Hall–Kier alpha value is -2.64. The molecule has 0 aliphatic rings. The lowest BCUT2D eigenvalue weighted by Crippen LogP contribution is -2.87. The fourth-order valence-corrected chi connectivity index (χ4v) is 3.73. The molecule has 1 aromatic heterocycles. The van der Waals surface area contributed by atoms with Crippen molar-refractivity contribution in [1.29, 1.82) is 0 Å². The molecular weight excluding hydrogens is 385 g/mol. The van der Waals surface area contributed by atoms with E-state index in [1.165, 1.54) is 35.6 Å². The summed E-state index contributed by atoms with van der Waals surface area (Å²) in [7, 11) is 0. The molecule has 1 heterocycles. The molecule has 146 valence electrons. The summed E-state index contributed by atoms with van der Waals surface area (Å²) in [6.45, 7) is 1.82. The Bertz CT molecular complexity index is 929. The molecule has 3 nitrogen and oxygen atoms in total. The molecule has 3 aromatic rings. The van der Waals surface area contributed by atoms with Gasteiger partial charge in [-0.15, -0.1) is 11.3 Å². The van der Waals surface area contributed by atoms with Crippen molar-refractivity contribution >= 4 is 17.2 Å². The van der Waals surface area contributed by atoms with Crippen molar-refractivity contribution in [3.63, 3.8) is 0 Å². The van der Waals surface area contributed by atoms with Crippen molar-refractivity contribution in [2.24, 2.45) is 0 Å². The maximum Gasteiger partial charge on any atom is 0.275 e. The fraction of sp³-hybridized carbons (Fsp3) is 0.190. The molecule has 2 atom stereocenters. The van der Waals surface area contributed by atoms with Crippen LogP contribution in [0.2, 0.25) is 0 Å². The van der Waals surface area contributed by atoms with E-state index in [0.29, 0.717) is 5.56 Å². The van der Waals surface area contributed by atoms with Gasteiger partial charge in [0.05, 0.1) is 6.04 Å². The first-order chi connectivity index (χ1) is 13.4. The number of quaternary nitrogens is 1. The monoisotopic (exact) mass is 405 g/mol. The molecule has 0 radical (unpaired) electrons. The lowest BCUT2D eigenvalue weighted by atomic mass is 10.1. The summed E-state index contributed by atoms with van der Waals surface area (Å²) < 4.78 is 40.2. The zero-order chi connectivity index (χ0) is 20.1. The summed E-state index contributed by atoms with van der Waals surface area (Å²) in [5.74, 6) is -1.85. The van der Waals surface area contributed by atoms with Gasteiger partial charge in [0.1, 0.15) is 23.5 Å². The maximum atomic E-state index is 13.9. The number of hydrogen-bond acceptors (Lipinski definition) is 2. The predicted octanol–water partition coefficient (Wildman–Crippen LogP) is 3.70. The van der Waals surface area contributed by atoms with Gasteiger partial charge >= 0.3 is 0 Å². The first-order valence-electron chi connectivity index (χ1n) is 8.80. The molecule has 3 rings (SSSR count). The highest BCUT2D eigenvalue weighted by atomic mass is 32.1. The van der Waals surface area contributed by atoms with Gasteiger partial charge in [-0.1, -0.05) is 18.2 Å². The first-order valence-corrected chi connectivity index (χ1v) is 9.68. The number of nitrogens with two attached hydrogens (primary N) is 1. The molecule has 1 amide bonds. The van der Waals surface area contributed by atoms with Crippen LogP contribution < -0.4 is 10.6 Å². The van der Waals surface area contributed by atoms with Crippen molar-refractivity contribution < 1.29 is 23.3 Å². The second-order valence-electron chi connectivity index (χ2n) is 6.46. The maximum absolute atomic E-state index is 13.9. The lowest BCUT2D eigenvalue weighted by Gasteiger charge is -2.18. The van der Waals surface area contributed by atoms with Crippen LogP contribution in [-0.4, -0.2) is 12.5 Å². The zero-order valence-electron chi connectivity index (χ0n) is 15.2. The van der Waals surface area contributed by atoms with E-state index >= 15 is 0 Å². The van der Waals surface area contributed by atoms with Crippen molar-refractivity contribution in [2.75, 3.05) is 6.54 Å². The Morgan fingerprint density at radius 3 is 2.43 bits per heavy atom. The normalized spacial score (nSPS) is 13.1. The molecule has 3 N–H and O–H groups in total. The SMILES string of the molecule is C[C@@H]([NH2+]CC(=O)N[C@@H](c1ccc(F)cc1)c1cccs1)c1ccc(F)cc1F. The Kier molecular flexibility index (Phi) is 6.49. The van der Waals surface area contributed by atoms with E-state index in [0.717, 1.165) is 16.5 Å². The largest absolute Gasteiger partial charge is 0.339 e. The molecule has 0 aliphatic heterocycles. The number of carbonyl (C=O) groups is 1. The number of thiophene rings is 1. The second kappa shape index (κ2) is 9.03. The minimum atomic E-state index is -0.635. The summed E-state index contributed by atoms with van der Waals surface area (Å²) in [5, 5.41) is 6.54. The number of rotatable bonds is 7. The van der Waals surface area contributed by atoms with Gasteiger partial charge in [0.2, 0.25) is 0 Å². The first kappa shape index (κ1) is 20.1. The van der Waals surface area contributed by atoms with Gasteiger partial charge in [0.15, 0.2) is 6.54 Å². The van der Waals surface area contributed by atoms with Gasteiger partial charge in [0, 0.05) is 16.5 Å². The van der Waals surface area contributed by atoms with Crippen molar-refractivity contribution in [3.05, 3.63) is 93.4 Å². The molecule has 2 aromatic carbocycles. The van der Waals surface area contributed by atoms with Crippen LogP contribution in [0, 0.1) is 17.5 Å². The van der Waals surface area contributed by atoms with Crippen molar-refractivity contribution in [3.8, 4) is 0 Å². The number of amides is 1. The summed E-state index contributed by atoms with van der Waals surface area (Å²) in [4.78, 5) is 13.4. The molecule has 0 aliphatic carbocycles. The molecule has 0 spiro atoms. The van der Waals surface area contributed by atoms with Crippen LogP contribution in [0.1, 0.15) is 35.0 Å². The van der Waals surface area contributed by atoms with Gasteiger partial charge in [0.25, 0.3) is 5.91 Å². The van der Waals surface area contributed by atoms with E-state index in [-0.39, 0.29) is 30.4 Å². The molecule has 28 heavy (non-hydrogen) atoms. The highest BCUT2D eigenvalue weighted by molar-refractivity contribution is 7.10. The van der Waals surface area contributed by atoms with E-state index in [2.05, 4.69) is 5.32 Å². The van der Waals surface area contributed by atoms with Crippen molar-refractivity contribution in [1.82, 2.24) is 5.32 Å². The zero-order valence-corrected chi connectivity index (χ0v) is 16.0. The van der Waals surface area contributed by atoms with Gasteiger partial charge in [-0.2, -0.15) is 0 Å². The summed E-state index contributed by atoms with van der Waals surface area (Å²) in [5.41, 5.74) is 1.11. The average Bonchev–Trinajstić information content (AvgIpc) is 3.19.